The number of esters is 1. The van der Waals surface area contributed by atoms with Gasteiger partial charge in [-0.05, 0) is 89.5 Å². The van der Waals surface area contributed by atoms with Crippen LogP contribution in [0.5, 0.6) is 5.75 Å². The normalized spacial score (nSPS) is 23.0. The van der Waals surface area contributed by atoms with E-state index in [4.69, 9.17) is 46.9 Å². The van der Waals surface area contributed by atoms with Crippen LogP contribution >= 0.6 is 23.2 Å². The molecule has 0 radical (unpaired) electrons. The number of benzene rings is 1. The fourth-order valence-electron chi connectivity index (χ4n) is 7.06. The Kier molecular flexibility index (Phi) is 7.58. The molecule has 0 unspecified atom stereocenters. The fraction of sp³-hybridized carbons (Fsp3) is 0.471. The van der Waals surface area contributed by atoms with Gasteiger partial charge in [-0.1, -0.05) is 28.4 Å². The van der Waals surface area contributed by atoms with Gasteiger partial charge in [0.15, 0.2) is 0 Å². The number of carbonyl (C=O) groups is 1. The van der Waals surface area contributed by atoms with Crippen LogP contribution in [0.2, 0.25) is 10.0 Å². The van der Waals surface area contributed by atoms with Gasteiger partial charge < -0.3 is 18.7 Å². The maximum absolute atomic E-state index is 12.5. The van der Waals surface area contributed by atoms with E-state index in [1.54, 1.807) is 18.5 Å². The summed E-state index contributed by atoms with van der Waals surface area (Å²) in [5.74, 6) is 1.54. The summed E-state index contributed by atoms with van der Waals surface area (Å²) in [4.78, 5) is 21.8. The van der Waals surface area contributed by atoms with Crippen molar-refractivity contribution in [2.75, 3.05) is 7.11 Å². The largest absolute Gasteiger partial charge is 0.489 e. The smallest absolute Gasteiger partial charge is 0.338 e. The molecular weight excluding hydrogens is 601 g/mol. The van der Waals surface area contributed by atoms with Crippen LogP contribution in [0, 0.1) is 0 Å². The van der Waals surface area contributed by atoms with Crippen LogP contribution in [-0.2, 0) is 21.5 Å². The molecule has 0 saturated heterocycles. The Labute approximate surface area is 266 Å². The third kappa shape index (κ3) is 5.15. The van der Waals surface area contributed by atoms with E-state index in [0.29, 0.717) is 50.7 Å². The summed E-state index contributed by atoms with van der Waals surface area (Å²) in [5, 5.41) is 6.04. The summed E-state index contributed by atoms with van der Waals surface area (Å²) in [6.45, 7) is 4.37. The van der Waals surface area contributed by atoms with Crippen molar-refractivity contribution in [3.05, 3.63) is 69.3 Å². The second-order valence-electron chi connectivity index (χ2n) is 12.7. The molecule has 0 amide bonds. The highest BCUT2D eigenvalue weighted by atomic mass is 35.5. The number of ether oxygens (including phenoxy) is 3. The molecule has 4 fully saturated rings. The predicted molar refractivity (Wildman–Crippen MR) is 167 cm³/mol. The summed E-state index contributed by atoms with van der Waals surface area (Å²) in [5.41, 5.74) is 4.20. The van der Waals surface area contributed by atoms with Crippen molar-refractivity contribution in [1.82, 2.24) is 15.1 Å². The Morgan fingerprint density at radius 3 is 2.36 bits per heavy atom. The van der Waals surface area contributed by atoms with Crippen LogP contribution in [0.4, 0.5) is 0 Å². The Morgan fingerprint density at radius 2 is 1.73 bits per heavy atom. The van der Waals surface area contributed by atoms with Gasteiger partial charge in [0, 0.05) is 45.9 Å². The molecule has 0 N–H and O–H groups in total. The lowest BCUT2D eigenvalue weighted by atomic mass is 9.57. The fourth-order valence-corrected chi connectivity index (χ4v) is 7.61. The van der Waals surface area contributed by atoms with E-state index in [1.807, 2.05) is 26.0 Å². The zero-order valence-electron chi connectivity index (χ0n) is 25.1. The van der Waals surface area contributed by atoms with Crippen LogP contribution in [0.1, 0.15) is 98.5 Å². The van der Waals surface area contributed by atoms with Gasteiger partial charge in [0.25, 0.3) is 0 Å². The quantitative estimate of drug-likeness (QED) is 0.169. The zero-order valence-corrected chi connectivity index (χ0v) is 26.6. The van der Waals surface area contributed by atoms with Crippen LogP contribution in [-0.4, -0.2) is 39.9 Å². The Hall–Kier alpha value is -3.20. The second-order valence-corrected chi connectivity index (χ2v) is 13.6. The number of hydrogen-bond acceptors (Lipinski definition) is 8. The number of pyridine rings is 2. The van der Waals surface area contributed by atoms with Crippen molar-refractivity contribution in [2.24, 2.45) is 0 Å². The van der Waals surface area contributed by atoms with Gasteiger partial charge in [0.05, 0.1) is 41.0 Å². The van der Waals surface area contributed by atoms with Crippen molar-refractivity contribution in [2.45, 2.75) is 94.9 Å². The molecule has 0 spiro atoms. The molecule has 0 atom stereocenters. The number of carbonyl (C=O) groups excluding carboxylic acids is 1. The first-order chi connectivity index (χ1) is 21.2. The monoisotopic (exact) mass is 635 g/mol. The lowest BCUT2D eigenvalue weighted by Crippen LogP contribution is -2.50. The number of halogens is 2. The average Bonchev–Trinajstić information content (AvgIpc) is 3.80. The molecular formula is C34H35Cl2N3O5. The molecule has 2 bridgehead atoms. The number of rotatable bonds is 9. The molecule has 3 heterocycles. The maximum Gasteiger partial charge on any atom is 0.338 e. The van der Waals surface area contributed by atoms with Gasteiger partial charge in [0.1, 0.15) is 22.7 Å². The molecule has 4 saturated carbocycles. The number of hydrogen-bond donors (Lipinski definition) is 0. The molecule has 3 aromatic heterocycles. The van der Waals surface area contributed by atoms with E-state index in [9.17, 15) is 4.79 Å². The van der Waals surface area contributed by atoms with Crippen molar-refractivity contribution < 1.29 is 23.5 Å². The maximum atomic E-state index is 12.5. The lowest BCUT2D eigenvalue weighted by Gasteiger charge is -2.53. The third-order valence-electron chi connectivity index (χ3n) is 9.69. The molecule has 44 heavy (non-hydrogen) atoms. The summed E-state index contributed by atoms with van der Waals surface area (Å²) in [6.07, 6.45) is 11.0. The first kappa shape index (κ1) is 29.5. The van der Waals surface area contributed by atoms with Gasteiger partial charge >= 0.3 is 5.97 Å². The molecule has 0 aliphatic heterocycles. The van der Waals surface area contributed by atoms with E-state index < -0.39 is 0 Å². The average molecular weight is 637 g/mol. The number of nitrogens with zero attached hydrogens (tertiary/aromatic N) is 3. The molecule has 8 nitrogen and oxygen atoms in total. The van der Waals surface area contributed by atoms with Crippen molar-refractivity contribution in [1.29, 1.82) is 0 Å². The molecule has 8 rings (SSSR count). The SMILES string of the molecule is COC(=O)c1ccc(OC(C)C)c2nc(C34CCC(OCc5c(-c6c(Cl)cncc6Cl)noc5C5CC5)(CC3)CC4)ccc12. The minimum Gasteiger partial charge on any atom is -0.489 e. The van der Waals surface area contributed by atoms with Crippen molar-refractivity contribution in [3.63, 3.8) is 0 Å². The van der Waals surface area contributed by atoms with Gasteiger partial charge in [-0.3, -0.25) is 4.98 Å². The van der Waals surface area contributed by atoms with Crippen LogP contribution in [0.15, 0.2) is 41.2 Å². The van der Waals surface area contributed by atoms with Gasteiger partial charge in [-0.2, -0.15) is 0 Å². The first-order valence-electron chi connectivity index (χ1n) is 15.3. The summed E-state index contributed by atoms with van der Waals surface area (Å²) in [7, 11) is 1.39. The summed E-state index contributed by atoms with van der Waals surface area (Å²) >= 11 is 13.0. The molecule has 10 heteroatoms. The number of aromatic nitrogens is 3. The van der Waals surface area contributed by atoms with Crippen LogP contribution < -0.4 is 4.74 Å². The minimum atomic E-state index is -0.384. The highest BCUT2D eigenvalue weighted by Crippen LogP contribution is 2.56. The van der Waals surface area contributed by atoms with E-state index in [0.717, 1.165) is 73.8 Å². The molecule has 230 valence electrons. The van der Waals surface area contributed by atoms with Gasteiger partial charge in [-0.25, -0.2) is 9.78 Å². The van der Waals surface area contributed by atoms with E-state index in [2.05, 4.69) is 16.2 Å². The number of fused-ring (bicyclic) bond motifs is 4. The Balaban J connectivity index is 1.14. The molecule has 1 aromatic carbocycles. The van der Waals surface area contributed by atoms with E-state index in [-0.39, 0.29) is 23.1 Å². The van der Waals surface area contributed by atoms with Crippen molar-refractivity contribution in [3.8, 4) is 17.0 Å². The molecule has 4 aliphatic carbocycles. The molecule has 4 aliphatic rings. The highest BCUT2D eigenvalue weighted by Gasteiger charge is 2.51. The van der Waals surface area contributed by atoms with Gasteiger partial charge in [0.2, 0.25) is 0 Å². The Bertz CT molecular complexity index is 1700. The topological polar surface area (TPSA) is 96.6 Å². The zero-order chi connectivity index (χ0) is 30.6. The predicted octanol–water partition coefficient (Wildman–Crippen LogP) is 8.60. The Morgan fingerprint density at radius 1 is 1.02 bits per heavy atom. The van der Waals surface area contributed by atoms with Gasteiger partial charge in [-0.15, -0.1) is 0 Å². The van der Waals surface area contributed by atoms with E-state index in [1.165, 1.54) is 7.11 Å². The standard InChI is InChI=1S/C34H35Cl2N3O5/c1-19(2)43-26-8-6-22(32(40)41-3)21-7-9-27(38-29(21)26)33-10-13-34(14-11-33,15-12-33)42-18-23-30(39-44-31(23)20-4-5-20)28-24(35)16-37-17-25(28)36/h6-9,16-17,19-20H,4-5,10-15,18H2,1-3H3. The first-order valence-corrected chi connectivity index (χ1v) is 16.1. The minimum absolute atomic E-state index is 0.0232. The molecule has 4 aromatic rings. The number of methoxy groups -OCH3 is 1. The summed E-state index contributed by atoms with van der Waals surface area (Å²) < 4.78 is 23.9. The highest BCUT2D eigenvalue weighted by molar-refractivity contribution is 6.38. The summed E-state index contributed by atoms with van der Waals surface area (Å²) in [6, 6.07) is 7.66. The van der Waals surface area contributed by atoms with Crippen LogP contribution in [0.3, 0.4) is 0 Å². The van der Waals surface area contributed by atoms with Crippen LogP contribution in [0.25, 0.3) is 22.2 Å². The third-order valence-corrected chi connectivity index (χ3v) is 10.3. The van der Waals surface area contributed by atoms with Crippen molar-refractivity contribution >= 4 is 40.1 Å². The van der Waals surface area contributed by atoms with E-state index >= 15 is 0 Å². The second kappa shape index (κ2) is 11.3. The lowest BCUT2D eigenvalue weighted by molar-refractivity contribution is -0.127.